The lowest BCUT2D eigenvalue weighted by atomic mass is 9.98. The zero-order valence-corrected chi connectivity index (χ0v) is 44.4. The molecule has 72 heavy (non-hydrogen) atoms. The van der Waals surface area contributed by atoms with E-state index in [0.29, 0.717) is 12.8 Å². The van der Waals surface area contributed by atoms with Gasteiger partial charge in [0.15, 0.2) is 18.7 Å². The zero-order valence-electron chi connectivity index (χ0n) is 44.4. The van der Waals surface area contributed by atoms with Crippen LogP contribution in [0.4, 0.5) is 0 Å². The van der Waals surface area contributed by atoms with E-state index in [4.69, 9.17) is 28.4 Å². The molecule has 0 aromatic carbocycles. The first-order valence-electron chi connectivity index (χ1n) is 28.3. The van der Waals surface area contributed by atoms with Gasteiger partial charge in [-0.05, 0) is 57.8 Å². The van der Waals surface area contributed by atoms with E-state index in [9.17, 15) is 45.3 Å². The Labute approximate surface area is 433 Å². The van der Waals surface area contributed by atoms with Crippen molar-refractivity contribution in [3.8, 4) is 0 Å². The van der Waals surface area contributed by atoms with Gasteiger partial charge in [0.05, 0.1) is 19.8 Å². The van der Waals surface area contributed by atoms with E-state index >= 15 is 0 Å². The number of carbonyl (C=O) groups is 2. The summed E-state index contributed by atoms with van der Waals surface area (Å²) in [7, 11) is 0. The topological polar surface area (TPSA) is 231 Å². The molecule has 0 amide bonds. The predicted octanol–water partition coefficient (Wildman–Crippen LogP) is 9.05. The second kappa shape index (κ2) is 43.7. The maximum absolute atomic E-state index is 13.0. The maximum atomic E-state index is 13.0. The quantitative estimate of drug-likeness (QED) is 0.0131. The average molecular weight is 1030 g/mol. The van der Waals surface area contributed by atoms with E-state index in [1.165, 1.54) is 103 Å². The van der Waals surface area contributed by atoms with Crippen LogP contribution in [0.15, 0.2) is 48.6 Å². The fourth-order valence-electron chi connectivity index (χ4n) is 8.74. The molecule has 0 saturated carbocycles. The van der Waals surface area contributed by atoms with E-state index in [1.54, 1.807) is 0 Å². The molecular weight excluding hydrogens is 925 g/mol. The van der Waals surface area contributed by atoms with Gasteiger partial charge in [-0.3, -0.25) is 9.59 Å². The monoisotopic (exact) mass is 1020 g/mol. The predicted molar refractivity (Wildman–Crippen MR) is 280 cm³/mol. The minimum absolute atomic E-state index is 0.140. The van der Waals surface area contributed by atoms with Crippen LogP contribution in [0, 0.1) is 0 Å². The summed E-state index contributed by atoms with van der Waals surface area (Å²) in [5, 5.41) is 72.2. The molecule has 11 atom stereocenters. The highest BCUT2D eigenvalue weighted by atomic mass is 16.7. The highest BCUT2D eigenvalue weighted by molar-refractivity contribution is 5.70. The molecule has 0 bridgehead atoms. The molecule has 15 nitrogen and oxygen atoms in total. The summed E-state index contributed by atoms with van der Waals surface area (Å²) in [5.74, 6) is -0.952. The molecule has 7 N–H and O–H groups in total. The molecule has 0 aromatic rings. The number of hydrogen-bond acceptors (Lipinski definition) is 15. The average Bonchev–Trinajstić information content (AvgIpc) is 3.37. The van der Waals surface area contributed by atoms with Crippen LogP contribution in [-0.2, 0) is 38.0 Å². The summed E-state index contributed by atoms with van der Waals surface area (Å²) in [6.07, 6.45) is 32.9. The molecule has 2 heterocycles. The number of ether oxygens (including phenoxy) is 6. The zero-order chi connectivity index (χ0) is 52.4. The van der Waals surface area contributed by atoms with E-state index < -0.39 is 99.3 Å². The third kappa shape index (κ3) is 30.7. The van der Waals surface area contributed by atoms with E-state index in [-0.39, 0.29) is 19.4 Å². The Morgan fingerprint density at radius 2 is 0.889 bits per heavy atom. The van der Waals surface area contributed by atoms with Crippen molar-refractivity contribution in [1.29, 1.82) is 0 Å². The molecule has 418 valence electrons. The third-order valence-corrected chi connectivity index (χ3v) is 13.4. The fraction of sp³-hybridized carbons (Fsp3) is 0.825. The van der Waals surface area contributed by atoms with Gasteiger partial charge in [0.25, 0.3) is 0 Å². The van der Waals surface area contributed by atoms with E-state index in [0.717, 1.165) is 64.2 Å². The van der Waals surface area contributed by atoms with Gasteiger partial charge in [-0.1, -0.05) is 184 Å². The SMILES string of the molecule is CC/C=C/C=C/C=C/CCCCCCCC(=O)OC(COC(=O)CCCCCCCCC/C=C/CCCCCCCCCCCCCC)CO[C@@H]1O[C@H](CO[C@@H]2O[C@H](CO)[C@H](O)C(O)C2O)[C@H](O)C(O)C1O. The standard InChI is InChI=1S/C57H100O15/c1-3-5-7-9-11-13-15-17-18-19-20-21-22-23-24-25-26-28-29-31-33-35-37-39-48(59)67-42-45(70-49(60)40-38-36-34-32-30-27-16-14-12-10-8-6-4-2)43-68-56-55(66)53(64)51(62)47(72-56)44-69-57-54(65)52(63)50(61)46(41-58)71-57/h6,8,10,12,14,16,23-24,45-47,50-58,61-66H,3-5,7,9,11,13,15,17-22,25-44H2,1-2H3/b8-6+,12-10+,16-14+,24-23+/t45?,46-,47-,50+,51+,52?,53?,54?,55?,56-,57-/m1/s1. The molecule has 2 saturated heterocycles. The maximum Gasteiger partial charge on any atom is 0.306 e. The normalized spacial score (nSPS) is 25.3. The molecule has 2 aliphatic rings. The lowest BCUT2D eigenvalue weighted by Crippen LogP contribution is -2.61. The lowest BCUT2D eigenvalue weighted by molar-refractivity contribution is -0.332. The van der Waals surface area contributed by atoms with Gasteiger partial charge < -0.3 is 64.2 Å². The van der Waals surface area contributed by atoms with Gasteiger partial charge in [0, 0.05) is 12.8 Å². The van der Waals surface area contributed by atoms with Gasteiger partial charge in [0.2, 0.25) is 0 Å². The van der Waals surface area contributed by atoms with Crippen molar-refractivity contribution in [1.82, 2.24) is 0 Å². The highest BCUT2D eigenvalue weighted by Gasteiger charge is 2.47. The van der Waals surface area contributed by atoms with Crippen LogP contribution in [0.1, 0.15) is 206 Å². The highest BCUT2D eigenvalue weighted by Crippen LogP contribution is 2.27. The second-order valence-corrected chi connectivity index (χ2v) is 19.8. The Morgan fingerprint density at radius 1 is 0.458 bits per heavy atom. The second-order valence-electron chi connectivity index (χ2n) is 19.8. The number of esters is 2. The number of aliphatic hydroxyl groups is 7. The molecule has 0 aliphatic carbocycles. The number of aliphatic hydroxyl groups excluding tert-OH is 7. The summed E-state index contributed by atoms with van der Waals surface area (Å²) in [6.45, 7) is 2.45. The fourth-order valence-corrected chi connectivity index (χ4v) is 8.74. The number of carbonyl (C=O) groups excluding carboxylic acids is 2. The molecule has 0 radical (unpaired) electrons. The van der Waals surface area contributed by atoms with Gasteiger partial charge >= 0.3 is 11.9 Å². The van der Waals surface area contributed by atoms with Crippen molar-refractivity contribution in [2.75, 3.05) is 26.4 Å². The first kappa shape index (κ1) is 65.6. The van der Waals surface area contributed by atoms with Crippen molar-refractivity contribution in [2.45, 2.75) is 274 Å². The summed E-state index contributed by atoms with van der Waals surface area (Å²) < 4.78 is 33.6. The van der Waals surface area contributed by atoms with Crippen LogP contribution in [0.3, 0.4) is 0 Å². The first-order valence-corrected chi connectivity index (χ1v) is 28.3. The van der Waals surface area contributed by atoms with Crippen molar-refractivity contribution in [3.05, 3.63) is 48.6 Å². The largest absolute Gasteiger partial charge is 0.462 e. The van der Waals surface area contributed by atoms with Gasteiger partial charge in [-0.15, -0.1) is 0 Å². The summed E-state index contributed by atoms with van der Waals surface area (Å²) in [4.78, 5) is 25.8. The Hall–Kier alpha value is -2.54. The summed E-state index contributed by atoms with van der Waals surface area (Å²) in [5.41, 5.74) is 0. The Kier molecular flexibility index (Phi) is 39.8. The minimum Gasteiger partial charge on any atom is -0.462 e. The van der Waals surface area contributed by atoms with Gasteiger partial charge in [0.1, 0.15) is 55.4 Å². The Morgan fingerprint density at radius 3 is 1.40 bits per heavy atom. The molecule has 2 fully saturated rings. The van der Waals surface area contributed by atoms with Crippen LogP contribution in [-0.4, -0.2) is 142 Å². The van der Waals surface area contributed by atoms with Crippen molar-refractivity contribution < 1.29 is 73.8 Å². The molecule has 0 spiro atoms. The Bertz CT molecular complexity index is 1440. The lowest BCUT2D eigenvalue weighted by Gasteiger charge is -2.42. The molecule has 2 aliphatic heterocycles. The number of rotatable bonds is 44. The van der Waals surface area contributed by atoms with Crippen LogP contribution in [0.25, 0.3) is 0 Å². The molecular formula is C57H100O15. The summed E-state index contributed by atoms with van der Waals surface area (Å²) >= 11 is 0. The van der Waals surface area contributed by atoms with Crippen LogP contribution >= 0.6 is 0 Å². The first-order chi connectivity index (χ1) is 35.0. The number of hydrogen-bond donors (Lipinski definition) is 7. The van der Waals surface area contributed by atoms with Crippen LogP contribution in [0.2, 0.25) is 0 Å². The van der Waals surface area contributed by atoms with Crippen molar-refractivity contribution in [2.24, 2.45) is 0 Å². The smallest absolute Gasteiger partial charge is 0.306 e. The molecule has 5 unspecified atom stereocenters. The van der Waals surface area contributed by atoms with Crippen LogP contribution < -0.4 is 0 Å². The van der Waals surface area contributed by atoms with E-state index in [2.05, 4.69) is 38.2 Å². The van der Waals surface area contributed by atoms with Crippen LogP contribution in [0.5, 0.6) is 0 Å². The van der Waals surface area contributed by atoms with Crippen molar-refractivity contribution >= 4 is 11.9 Å². The Balaban J connectivity index is 1.73. The number of unbranched alkanes of at least 4 members (excludes halogenated alkanes) is 24. The van der Waals surface area contributed by atoms with Gasteiger partial charge in [-0.2, -0.15) is 0 Å². The minimum atomic E-state index is -1.77. The van der Waals surface area contributed by atoms with Gasteiger partial charge in [-0.25, -0.2) is 0 Å². The number of allylic oxidation sites excluding steroid dienone is 8. The van der Waals surface area contributed by atoms with Crippen molar-refractivity contribution in [3.63, 3.8) is 0 Å². The molecule has 15 heteroatoms. The third-order valence-electron chi connectivity index (χ3n) is 13.4. The summed E-state index contributed by atoms with van der Waals surface area (Å²) in [6, 6.07) is 0. The van der Waals surface area contributed by atoms with E-state index in [1.807, 2.05) is 24.3 Å². The molecule has 2 rings (SSSR count). The molecule has 0 aromatic heterocycles.